The van der Waals surface area contributed by atoms with Crippen LogP contribution in [0.1, 0.15) is 32.3 Å². The van der Waals surface area contributed by atoms with Crippen molar-refractivity contribution in [1.82, 2.24) is 4.31 Å². The fourth-order valence-electron chi connectivity index (χ4n) is 2.16. The average Bonchev–Trinajstić information content (AvgIpc) is 3.40. The van der Waals surface area contributed by atoms with Crippen LogP contribution in [0.4, 0.5) is 13.2 Å². The third kappa shape index (κ3) is 5.87. The molecule has 1 fully saturated rings. The maximum absolute atomic E-state index is 12.6. The van der Waals surface area contributed by atoms with Crippen LogP contribution in [0.3, 0.4) is 0 Å². The normalized spacial score (nSPS) is 16.4. The first-order chi connectivity index (χ1) is 11.7. The summed E-state index contributed by atoms with van der Waals surface area (Å²) < 4.78 is 51.4. The largest absolute Gasteiger partial charge is 0.480 e. The van der Waals surface area contributed by atoms with Gasteiger partial charge in [-0.05, 0) is 43.0 Å². The Labute approximate surface area is 147 Å². The Morgan fingerprint density at radius 2 is 1.88 bits per heavy atom. The van der Waals surface area contributed by atoms with Gasteiger partial charge in [-0.25, -0.2) is 4.21 Å². The zero-order valence-electron chi connectivity index (χ0n) is 13.9. The first kappa shape index (κ1) is 21.2. The van der Waals surface area contributed by atoms with Crippen LogP contribution in [0, 0.1) is 18.3 Å². The van der Waals surface area contributed by atoms with Gasteiger partial charge in [-0.1, -0.05) is 19.8 Å². The number of rotatable bonds is 6. The molecule has 1 N–H and O–H groups in total. The Morgan fingerprint density at radius 1 is 1.36 bits per heavy atom. The molecule has 1 aromatic rings. The summed E-state index contributed by atoms with van der Waals surface area (Å²) in [5, 5.41) is 8.98. The molecule has 138 valence electrons. The summed E-state index contributed by atoms with van der Waals surface area (Å²) in [5.74, 6) is 1.31. The molecule has 2 atom stereocenters. The molecular formula is C17H20F3NO3S. The van der Waals surface area contributed by atoms with Gasteiger partial charge in [0.05, 0.1) is 16.5 Å². The molecule has 1 saturated carbocycles. The standard InChI is InChI=1S/C15H14F3NO3S.C2H6/c1-2-13(10-3-4-10)19(9-14(20)21)23(22)12-7-5-11(6-8-12)15(16,17)18;1-2/h1,5-8,10,13H,3-4,9H2,(H,20,21);1-2H3. The lowest BCUT2D eigenvalue weighted by atomic mass is 10.2. The van der Waals surface area contributed by atoms with E-state index in [9.17, 15) is 22.2 Å². The second kappa shape index (κ2) is 9.02. The van der Waals surface area contributed by atoms with E-state index in [2.05, 4.69) is 5.92 Å². The van der Waals surface area contributed by atoms with Gasteiger partial charge in [0.15, 0.2) is 0 Å². The molecule has 0 radical (unpaired) electrons. The van der Waals surface area contributed by atoms with E-state index in [0.717, 1.165) is 41.4 Å². The fraction of sp³-hybridized carbons (Fsp3) is 0.471. The third-order valence-electron chi connectivity index (χ3n) is 3.44. The van der Waals surface area contributed by atoms with Crippen molar-refractivity contribution in [3.05, 3.63) is 29.8 Å². The Hall–Kier alpha value is -1.85. The number of carboxylic acids is 1. The quantitative estimate of drug-likeness (QED) is 0.774. The molecule has 0 saturated heterocycles. The van der Waals surface area contributed by atoms with E-state index >= 15 is 0 Å². The van der Waals surface area contributed by atoms with Crippen LogP contribution in [0.5, 0.6) is 0 Å². The van der Waals surface area contributed by atoms with Gasteiger partial charge < -0.3 is 5.11 Å². The van der Waals surface area contributed by atoms with E-state index in [4.69, 9.17) is 11.5 Å². The number of hydrogen-bond acceptors (Lipinski definition) is 2. The zero-order chi connectivity index (χ0) is 19.2. The lowest BCUT2D eigenvalue weighted by Gasteiger charge is -2.25. The highest BCUT2D eigenvalue weighted by atomic mass is 32.2. The van der Waals surface area contributed by atoms with Crippen molar-refractivity contribution < 1.29 is 27.3 Å². The molecular weight excluding hydrogens is 355 g/mol. The number of carboxylic acid groups (broad SMARTS) is 1. The molecule has 0 aromatic heterocycles. The third-order valence-corrected chi connectivity index (χ3v) is 4.89. The summed E-state index contributed by atoms with van der Waals surface area (Å²) in [6, 6.07) is 3.17. The first-order valence-electron chi connectivity index (χ1n) is 7.77. The van der Waals surface area contributed by atoms with Crippen LogP contribution in [0.25, 0.3) is 0 Å². The molecule has 0 amide bonds. The summed E-state index contributed by atoms with van der Waals surface area (Å²) in [5.41, 5.74) is -0.862. The molecule has 1 aromatic carbocycles. The molecule has 0 spiro atoms. The van der Waals surface area contributed by atoms with E-state index in [0.29, 0.717) is 0 Å². The van der Waals surface area contributed by atoms with Crippen molar-refractivity contribution in [2.45, 2.75) is 43.8 Å². The molecule has 25 heavy (non-hydrogen) atoms. The molecule has 1 aliphatic rings. The zero-order valence-corrected chi connectivity index (χ0v) is 14.7. The van der Waals surface area contributed by atoms with Gasteiger partial charge in [-0.15, -0.1) is 6.42 Å². The van der Waals surface area contributed by atoms with Crippen LogP contribution < -0.4 is 0 Å². The minimum atomic E-state index is -4.49. The Morgan fingerprint density at radius 3 is 2.24 bits per heavy atom. The molecule has 8 heteroatoms. The van der Waals surface area contributed by atoms with Crippen molar-refractivity contribution in [1.29, 1.82) is 0 Å². The maximum Gasteiger partial charge on any atom is 0.416 e. The highest BCUT2D eigenvalue weighted by molar-refractivity contribution is 7.82. The van der Waals surface area contributed by atoms with Gasteiger partial charge in [0.1, 0.15) is 17.5 Å². The predicted octanol–water partition coefficient (Wildman–Crippen LogP) is 3.55. The maximum atomic E-state index is 12.6. The molecule has 0 heterocycles. The van der Waals surface area contributed by atoms with Crippen LogP contribution >= 0.6 is 0 Å². The summed E-state index contributed by atoms with van der Waals surface area (Å²) in [7, 11) is -1.94. The van der Waals surface area contributed by atoms with Crippen LogP contribution in [-0.4, -0.2) is 32.2 Å². The van der Waals surface area contributed by atoms with Crippen molar-refractivity contribution in [3.8, 4) is 12.3 Å². The monoisotopic (exact) mass is 375 g/mol. The van der Waals surface area contributed by atoms with Gasteiger partial charge in [-0.2, -0.15) is 17.5 Å². The number of nitrogens with zero attached hydrogens (tertiary/aromatic N) is 1. The SMILES string of the molecule is C#CC(C1CC1)N(CC(=O)O)S(=O)c1ccc(C(F)(F)F)cc1.CC. The van der Waals surface area contributed by atoms with Crippen molar-refractivity contribution in [2.75, 3.05) is 6.54 Å². The minimum absolute atomic E-state index is 0.0674. The molecule has 2 unspecified atom stereocenters. The number of halogens is 3. The second-order valence-electron chi connectivity index (χ2n) is 5.19. The van der Waals surface area contributed by atoms with Crippen molar-refractivity contribution in [3.63, 3.8) is 0 Å². The van der Waals surface area contributed by atoms with E-state index < -0.39 is 41.3 Å². The number of hydrogen-bond donors (Lipinski definition) is 1. The van der Waals surface area contributed by atoms with Crippen molar-refractivity contribution in [2.24, 2.45) is 5.92 Å². The summed E-state index contributed by atoms with van der Waals surface area (Å²) in [4.78, 5) is 11.1. The number of aliphatic carboxylic acids is 1. The lowest BCUT2D eigenvalue weighted by Crippen LogP contribution is -2.41. The molecule has 0 aliphatic heterocycles. The molecule has 2 rings (SSSR count). The number of benzene rings is 1. The van der Waals surface area contributed by atoms with Gasteiger partial charge in [-0.3, -0.25) is 4.79 Å². The van der Waals surface area contributed by atoms with E-state index in [1.807, 2.05) is 13.8 Å². The topological polar surface area (TPSA) is 57.6 Å². The number of alkyl halides is 3. The van der Waals surface area contributed by atoms with E-state index in [1.54, 1.807) is 0 Å². The van der Waals surface area contributed by atoms with Gasteiger partial charge in [0.25, 0.3) is 0 Å². The molecule has 1 aliphatic carbocycles. The second-order valence-corrected chi connectivity index (χ2v) is 6.63. The smallest absolute Gasteiger partial charge is 0.416 e. The van der Waals surface area contributed by atoms with E-state index in [1.165, 1.54) is 0 Å². The highest BCUT2D eigenvalue weighted by Gasteiger charge is 2.38. The molecule has 0 bridgehead atoms. The Kier molecular flexibility index (Phi) is 7.64. The number of carbonyl (C=O) groups is 1. The Bertz CT molecular complexity index is 649. The van der Waals surface area contributed by atoms with Crippen LogP contribution in [0.15, 0.2) is 29.2 Å². The van der Waals surface area contributed by atoms with Crippen LogP contribution in [-0.2, 0) is 22.0 Å². The fourth-order valence-corrected chi connectivity index (χ4v) is 3.46. The predicted molar refractivity (Wildman–Crippen MR) is 88.9 cm³/mol. The van der Waals surface area contributed by atoms with E-state index in [-0.39, 0.29) is 10.8 Å². The van der Waals surface area contributed by atoms with Gasteiger partial charge in [0.2, 0.25) is 0 Å². The highest BCUT2D eigenvalue weighted by Crippen LogP contribution is 2.36. The summed E-state index contributed by atoms with van der Waals surface area (Å²) >= 11 is 0. The molecule has 4 nitrogen and oxygen atoms in total. The van der Waals surface area contributed by atoms with Gasteiger partial charge >= 0.3 is 12.1 Å². The summed E-state index contributed by atoms with van der Waals surface area (Å²) in [6.45, 7) is 3.46. The summed E-state index contributed by atoms with van der Waals surface area (Å²) in [6.07, 6.45) is 2.56. The van der Waals surface area contributed by atoms with Crippen LogP contribution in [0.2, 0.25) is 0 Å². The minimum Gasteiger partial charge on any atom is -0.480 e. The number of terminal acetylenes is 1. The lowest BCUT2D eigenvalue weighted by molar-refractivity contribution is -0.138. The average molecular weight is 375 g/mol. The van der Waals surface area contributed by atoms with Crippen molar-refractivity contribution >= 4 is 17.0 Å². The Balaban J connectivity index is 0.00000151. The van der Waals surface area contributed by atoms with Gasteiger partial charge in [0, 0.05) is 0 Å². The first-order valence-corrected chi connectivity index (χ1v) is 8.88.